The number of nitrogens with two attached hydrogens (primary N) is 1. The molecule has 1 saturated heterocycles. The van der Waals surface area contributed by atoms with Crippen molar-refractivity contribution in [3.05, 3.63) is 54.5 Å². The van der Waals surface area contributed by atoms with Gasteiger partial charge < -0.3 is 25.8 Å². The van der Waals surface area contributed by atoms with E-state index in [4.69, 9.17) is 15.2 Å². The van der Waals surface area contributed by atoms with Gasteiger partial charge in [0.05, 0.1) is 18.0 Å². The van der Waals surface area contributed by atoms with Crippen LogP contribution in [0.2, 0.25) is 0 Å². The molecule has 2 fully saturated rings. The Morgan fingerprint density at radius 1 is 1.06 bits per heavy atom. The predicted octanol–water partition coefficient (Wildman–Crippen LogP) is 3.68. The van der Waals surface area contributed by atoms with Crippen LogP contribution in [0.1, 0.15) is 12.8 Å². The molecule has 1 aliphatic carbocycles. The minimum absolute atomic E-state index is 0.204. The summed E-state index contributed by atoms with van der Waals surface area (Å²) in [6.07, 6.45) is 4.13. The average molecular weight is 479 g/mol. The van der Waals surface area contributed by atoms with Crippen LogP contribution in [-0.4, -0.2) is 60.8 Å². The Morgan fingerprint density at radius 3 is 2.71 bits per heavy atom. The predicted molar refractivity (Wildman–Crippen MR) is 135 cm³/mol. The number of nitrogens with one attached hydrogen (secondary N) is 2. The fraction of sp³-hybridized carbons (Fsp3) is 0.385. The minimum atomic E-state index is -0.398. The SMILES string of the molecule is Nc1cc(-c2ccnc(Nc3ccc(F)c(OCCN4CCNCC4)c3)n2)ccc1OCC1CC1. The number of anilines is 3. The van der Waals surface area contributed by atoms with Crippen molar-refractivity contribution < 1.29 is 13.9 Å². The molecule has 9 heteroatoms. The van der Waals surface area contributed by atoms with Gasteiger partial charge in [-0.15, -0.1) is 0 Å². The lowest BCUT2D eigenvalue weighted by molar-refractivity contribution is 0.188. The molecule has 3 aromatic rings. The fourth-order valence-corrected chi connectivity index (χ4v) is 3.95. The number of benzene rings is 2. The first-order valence-electron chi connectivity index (χ1n) is 12.1. The molecule has 0 amide bonds. The lowest BCUT2D eigenvalue weighted by atomic mass is 10.1. The molecular weight excluding hydrogens is 447 g/mol. The Hall–Kier alpha value is -3.43. The number of aromatic nitrogens is 2. The number of hydrogen-bond donors (Lipinski definition) is 3. The smallest absolute Gasteiger partial charge is 0.227 e. The third-order valence-electron chi connectivity index (χ3n) is 6.19. The first-order chi connectivity index (χ1) is 17.1. The highest BCUT2D eigenvalue weighted by molar-refractivity contribution is 5.69. The van der Waals surface area contributed by atoms with Gasteiger partial charge in [0, 0.05) is 56.2 Å². The zero-order chi connectivity index (χ0) is 24.0. The van der Waals surface area contributed by atoms with Crippen molar-refractivity contribution in [3.63, 3.8) is 0 Å². The zero-order valence-electron chi connectivity index (χ0n) is 19.7. The van der Waals surface area contributed by atoms with E-state index < -0.39 is 5.82 Å². The Labute approximate surface area is 204 Å². The van der Waals surface area contributed by atoms with Crippen LogP contribution in [0, 0.1) is 11.7 Å². The van der Waals surface area contributed by atoms with Crippen LogP contribution >= 0.6 is 0 Å². The second-order valence-electron chi connectivity index (χ2n) is 8.98. The lowest BCUT2D eigenvalue weighted by Gasteiger charge is -2.26. The number of halogens is 1. The van der Waals surface area contributed by atoms with Crippen molar-refractivity contribution in [1.29, 1.82) is 0 Å². The van der Waals surface area contributed by atoms with Crippen LogP contribution in [0.4, 0.5) is 21.7 Å². The van der Waals surface area contributed by atoms with Crippen LogP contribution in [0.15, 0.2) is 48.7 Å². The molecule has 35 heavy (non-hydrogen) atoms. The Kier molecular flexibility index (Phi) is 7.25. The largest absolute Gasteiger partial charge is 0.491 e. The molecule has 5 rings (SSSR count). The summed E-state index contributed by atoms with van der Waals surface area (Å²) in [4.78, 5) is 11.2. The van der Waals surface area contributed by atoms with E-state index in [1.165, 1.54) is 18.9 Å². The lowest BCUT2D eigenvalue weighted by Crippen LogP contribution is -2.44. The van der Waals surface area contributed by atoms with E-state index in [9.17, 15) is 4.39 Å². The number of nitrogen functional groups attached to an aromatic ring is 1. The van der Waals surface area contributed by atoms with E-state index in [1.54, 1.807) is 18.3 Å². The number of ether oxygens (including phenoxy) is 2. The van der Waals surface area contributed by atoms with Gasteiger partial charge in [-0.25, -0.2) is 14.4 Å². The Balaban J connectivity index is 1.22. The maximum Gasteiger partial charge on any atom is 0.227 e. The molecule has 4 N–H and O–H groups in total. The van der Waals surface area contributed by atoms with Gasteiger partial charge in [0.15, 0.2) is 11.6 Å². The molecule has 0 unspecified atom stereocenters. The van der Waals surface area contributed by atoms with Crippen molar-refractivity contribution in [2.45, 2.75) is 12.8 Å². The molecule has 2 aromatic carbocycles. The molecule has 184 valence electrons. The number of rotatable bonds is 10. The van der Waals surface area contributed by atoms with Crippen LogP contribution in [0.25, 0.3) is 11.3 Å². The second kappa shape index (κ2) is 10.9. The van der Waals surface area contributed by atoms with E-state index in [1.807, 2.05) is 24.3 Å². The quantitative estimate of drug-likeness (QED) is 0.380. The van der Waals surface area contributed by atoms with Crippen LogP contribution in [0.5, 0.6) is 11.5 Å². The molecule has 0 bridgehead atoms. The molecule has 8 nitrogen and oxygen atoms in total. The maximum atomic E-state index is 14.3. The first kappa shape index (κ1) is 23.3. The highest BCUT2D eigenvalue weighted by Gasteiger charge is 2.22. The summed E-state index contributed by atoms with van der Waals surface area (Å²) in [6.45, 7) is 5.79. The summed E-state index contributed by atoms with van der Waals surface area (Å²) in [5.74, 6) is 1.56. The van der Waals surface area contributed by atoms with Crippen molar-refractivity contribution >= 4 is 17.3 Å². The average Bonchev–Trinajstić information content (AvgIpc) is 3.71. The summed E-state index contributed by atoms with van der Waals surface area (Å²) in [6, 6.07) is 12.1. The number of hydrogen-bond acceptors (Lipinski definition) is 8. The summed E-state index contributed by atoms with van der Waals surface area (Å²) in [5.41, 5.74) is 9.01. The van der Waals surface area contributed by atoms with Gasteiger partial charge in [-0.1, -0.05) is 0 Å². The summed E-state index contributed by atoms with van der Waals surface area (Å²) in [5, 5.41) is 6.46. The van der Waals surface area contributed by atoms with Crippen molar-refractivity contribution in [2.75, 3.05) is 57.0 Å². The standard InChI is InChI=1S/C26H31FN6O2/c27-21-5-4-20(16-25(21)34-14-13-33-11-9-29-10-12-33)31-26-30-8-7-23(32-26)19-3-6-24(22(28)15-19)35-17-18-1-2-18/h3-8,15-16,18,29H,1-2,9-14,17,28H2,(H,30,31,32). The summed E-state index contributed by atoms with van der Waals surface area (Å²) >= 11 is 0. The third-order valence-corrected chi connectivity index (χ3v) is 6.19. The molecular formula is C26H31FN6O2. The number of nitrogens with zero attached hydrogens (tertiary/aromatic N) is 3. The molecule has 1 aliphatic heterocycles. The van der Waals surface area contributed by atoms with Crippen molar-refractivity contribution in [1.82, 2.24) is 20.2 Å². The van der Waals surface area contributed by atoms with Gasteiger partial charge in [0.1, 0.15) is 12.4 Å². The normalized spacial score (nSPS) is 16.1. The van der Waals surface area contributed by atoms with Crippen LogP contribution < -0.4 is 25.8 Å². The van der Waals surface area contributed by atoms with E-state index in [0.29, 0.717) is 42.2 Å². The molecule has 1 saturated carbocycles. The molecule has 2 aliphatic rings. The molecule has 1 aromatic heterocycles. The van der Waals surface area contributed by atoms with Gasteiger partial charge in [-0.05, 0) is 55.2 Å². The van der Waals surface area contributed by atoms with E-state index >= 15 is 0 Å². The van der Waals surface area contributed by atoms with Gasteiger partial charge >= 0.3 is 0 Å². The van der Waals surface area contributed by atoms with E-state index in [2.05, 4.69) is 25.5 Å². The molecule has 0 atom stereocenters. The molecule has 2 heterocycles. The van der Waals surface area contributed by atoms with Gasteiger partial charge in [-0.3, -0.25) is 4.90 Å². The number of piperazine rings is 1. The topological polar surface area (TPSA) is 97.6 Å². The van der Waals surface area contributed by atoms with Crippen LogP contribution in [-0.2, 0) is 0 Å². The van der Waals surface area contributed by atoms with Gasteiger partial charge in [0.25, 0.3) is 0 Å². The summed E-state index contributed by atoms with van der Waals surface area (Å²) in [7, 11) is 0. The van der Waals surface area contributed by atoms with Crippen molar-refractivity contribution in [2.24, 2.45) is 5.92 Å². The third kappa shape index (κ3) is 6.37. The van der Waals surface area contributed by atoms with Gasteiger partial charge in [-0.2, -0.15) is 0 Å². The maximum absolute atomic E-state index is 14.3. The first-order valence-corrected chi connectivity index (χ1v) is 12.1. The van der Waals surface area contributed by atoms with E-state index in [-0.39, 0.29) is 5.75 Å². The fourth-order valence-electron chi connectivity index (χ4n) is 3.95. The zero-order valence-corrected chi connectivity index (χ0v) is 19.7. The molecule has 0 spiro atoms. The highest BCUT2D eigenvalue weighted by atomic mass is 19.1. The highest BCUT2D eigenvalue weighted by Crippen LogP contribution is 2.33. The van der Waals surface area contributed by atoms with Crippen molar-refractivity contribution in [3.8, 4) is 22.8 Å². The Bertz CT molecular complexity index is 1150. The second-order valence-corrected chi connectivity index (χ2v) is 8.98. The van der Waals surface area contributed by atoms with Gasteiger partial charge in [0.2, 0.25) is 5.95 Å². The van der Waals surface area contributed by atoms with E-state index in [0.717, 1.165) is 44.0 Å². The monoisotopic (exact) mass is 478 g/mol. The molecule has 0 radical (unpaired) electrons. The minimum Gasteiger partial charge on any atom is -0.491 e. The van der Waals surface area contributed by atoms with Crippen LogP contribution in [0.3, 0.4) is 0 Å². The summed E-state index contributed by atoms with van der Waals surface area (Å²) < 4.78 is 25.9. The Morgan fingerprint density at radius 2 is 1.91 bits per heavy atom.